The molecule has 2 rings (SSSR count). The smallest absolute Gasteiger partial charge is 0.445 e. The topological polar surface area (TPSA) is 59.6 Å². The van der Waals surface area contributed by atoms with E-state index >= 15 is 0 Å². The van der Waals surface area contributed by atoms with E-state index in [1.807, 2.05) is 0 Å². The quantitative estimate of drug-likeness (QED) is 0.901. The predicted octanol–water partition coefficient (Wildman–Crippen LogP) is 2.89. The molecule has 1 fully saturated rings. The van der Waals surface area contributed by atoms with E-state index in [1.54, 1.807) is 0 Å². The van der Waals surface area contributed by atoms with E-state index in [9.17, 15) is 18.0 Å². The lowest BCUT2D eigenvalue weighted by Crippen LogP contribution is -2.37. The van der Waals surface area contributed by atoms with E-state index in [2.05, 4.69) is 15.4 Å². The Balaban J connectivity index is 1.83. The highest BCUT2D eigenvalue weighted by molar-refractivity contribution is 5.84. The van der Waals surface area contributed by atoms with E-state index in [0.717, 1.165) is 31.5 Å². The Morgan fingerprint density at radius 1 is 1.29 bits per heavy atom. The van der Waals surface area contributed by atoms with Crippen molar-refractivity contribution in [3.05, 3.63) is 24.3 Å². The minimum Gasteiger partial charge on any atom is -0.445 e. The van der Waals surface area contributed by atoms with Gasteiger partial charge in [0.15, 0.2) is 0 Å². The lowest BCUT2D eigenvalue weighted by atomic mass is 10.1. The predicted molar refractivity (Wildman–Crippen MR) is 69.1 cm³/mol. The average Bonchev–Trinajstić information content (AvgIpc) is 2.40. The third-order valence-corrected chi connectivity index (χ3v) is 2.86. The first-order chi connectivity index (χ1) is 9.92. The Morgan fingerprint density at radius 2 is 2.00 bits per heavy atom. The molecule has 1 amide bonds. The molecule has 1 heterocycles. The van der Waals surface area contributed by atoms with E-state index in [-0.39, 0.29) is 11.9 Å². The first kappa shape index (κ1) is 15.4. The first-order valence-electron chi connectivity index (χ1n) is 6.46. The number of hydrogen-bond donors (Lipinski definition) is 2. The van der Waals surface area contributed by atoms with Crippen LogP contribution in [-0.4, -0.2) is 31.6 Å². The van der Waals surface area contributed by atoms with Crippen molar-refractivity contribution in [2.75, 3.05) is 18.4 Å². The van der Waals surface area contributed by atoms with Crippen LogP contribution in [0.2, 0.25) is 0 Å². The van der Waals surface area contributed by atoms with Gasteiger partial charge in [-0.05, 0) is 43.7 Å². The largest absolute Gasteiger partial charge is 0.573 e. The Hall–Kier alpha value is -1.96. The van der Waals surface area contributed by atoms with Crippen molar-refractivity contribution in [2.24, 2.45) is 0 Å². The monoisotopic (exact) mass is 304 g/mol. The van der Waals surface area contributed by atoms with E-state index in [1.165, 1.54) is 12.1 Å². The first-order valence-corrected chi connectivity index (χ1v) is 6.46. The van der Waals surface area contributed by atoms with Crippen molar-refractivity contribution in [3.8, 4) is 5.75 Å². The van der Waals surface area contributed by atoms with Gasteiger partial charge in [0.25, 0.3) is 0 Å². The summed E-state index contributed by atoms with van der Waals surface area (Å²) in [7, 11) is 0. The van der Waals surface area contributed by atoms with Crippen molar-refractivity contribution in [1.29, 1.82) is 0 Å². The van der Waals surface area contributed by atoms with Crippen LogP contribution in [0.1, 0.15) is 12.8 Å². The number of anilines is 1. The van der Waals surface area contributed by atoms with Gasteiger partial charge in [-0.3, -0.25) is 5.32 Å². The second-order valence-corrected chi connectivity index (χ2v) is 4.57. The van der Waals surface area contributed by atoms with Gasteiger partial charge in [-0.25, -0.2) is 4.79 Å². The van der Waals surface area contributed by atoms with E-state index in [4.69, 9.17) is 4.74 Å². The molecular formula is C13H15F3N2O3. The number of rotatable bonds is 3. The molecule has 0 unspecified atom stereocenters. The summed E-state index contributed by atoms with van der Waals surface area (Å²) in [5, 5.41) is 5.56. The number of benzene rings is 1. The van der Waals surface area contributed by atoms with Crippen molar-refractivity contribution in [1.82, 2.24) is 5.32 Å². The molecule has 8 heteroatoms. The fourth-order valence-electron chi connectivity index (χ4n) is 1.96. The van der Waals surface area contributed by atoms with Gasteiger partial charge in [-0.1, -0.05) is 0 Å². The van der Waals surface area contributed by atoms with Gasteiger partial charge in [0.2, 0.25) is 0 Å². The highest BCUT2D eigenvalue weighted by Crippen LogP contribution is 2.24. The van der Waals surface area contributed by atoms with Gasteiger partial charge in [-0.2, -0.15) is 0 Å². The van der Waals surface area contributed by atoms with Crippen molar-refractivity contribution >= 4 is 11.8 Å². The van der Waals surface area contributed by atoms with Crippen LogP contribution in [0.5, 0.6) is 5.75 Å². The van der Waals surface area contributed by atoms with Gasteiger partial charge in [-0.15, -0.1) is 13.2 Å². The molecular weight excluding hydrogens is 289 g/mol. The number of alkyl halides is 3. The molecule has 0 bridgehead atoms. The van der Waals surface area contributed by atoms with Crippen LogP contribution in [0.4, 0.5) is 23.7 Å². The summed E-state index contributed by atoms with van der Waals surface area (Å²) in [5.74, 6) is -0.349. The molecule has 1 aliphatic rings. The zero-order chi connectivity index (χ0) is 15.3. The molecule has 0 aliphatic carbocycles. The summed E-state index contributed by atoms with van der Waals surface area (Å²) < 4.78 is 44.9. The van der Waals surface area contributed by atoms with E-state index < -0.39 is 12.5 Å². The number of carbonyl (C=O) groups excluding carboxylic acids is 1. The molecule has 21 heavy (non-hydrogen) atoms. The Kier molecular flexibility index (Phi) is 4.89. The lowest BCUT2D eigenvalue weighted by Gasteiger charge is -2.22. The molecule has 1 aromatic rings. The number of carbonyl (C=O) groups is 1. The van der Waals surface area contributed by atoms with Crippen LogP contribution >= 0.6 is 0 Å². The summed E-state index contributed by atoms with van der Waals surface area (Å²) in [6, 6.07) is 4.85. The molecule has 116 valence electrons. The molecule has 1 aliphatic heterocycles. The number of nitrogens with one attached hydrogen (secondary N) is 2. The zero-order valence-electron chi connectivity index (χ0n) is 11.1. The number of hydrogen-bond acceptors (Lipinski definition) is 4. The van der Waals surface area contributed by atoms with Gasteiger partial charge < -0.3 is 14.8 Å². The highest BCUT2D eigenvalue weighted by atomic mass is 19.4. The molecule has 0 aromatic heterocycles. The fraction of sp³-hybridized carbons (Fsp3) is 0.462. The minimum absolute atomic E-state index is 0.188. The van der Waals surface area contributed by atoms with E-state index in [0.29, 0.717) is 12.2 Å². The van der Waals surface area contributed by atoms with Gasteiger partial charge >= 0.3 is 12.5 Å². The third kappa shape index (κ3) is 5.50. The second-order valence-electron chi connectivity index (χ2n) is 4.57. The maximum absolute atomic E-state index is 12.0. The van der Waals surface area contributed by atoms with Crippen LogP contribution in [0.3, 0.4) is 0 Å². The highest BCUT2D eigenvalue weighted by Gasteiger charge is 2.31. The van der Waals surface area contributed by atoms with Crippen LogP contribution in [0, 0.1) is 0 Å². The number of piperidine rings is 1. The molecule has 0 saturated carbocycles. The Morgan fingerprint density at radius 3 is 2.57 bits per heavy atom. The average molecular weight is 304 g/mol. The number of ether oxygens (including phenoxy) is 2. The maximum Gasteiger partial charge on any atom is 0.573 e. The van der Waals surface area contributed by atoms with Crippen molar-refractivity contribution in [3.63, 3.8) is 0 Å². The second kappa shape index (κ2) is 6.66. The van der Waals surface area contributed by atoms with Crippen molar-refractivity contribution in [2.45, 2.75) is 25.3 Å². The van der Waals surface area contributed by atoms with Gasteiger partial charge in [0.1, 0.15) is 11.9 Å². The molecule has 5 nitrogen and oxygen atoms in total. The molecule has 1 aromatic carbocycles. The molecule has 0 radical (unpaired) electrons. The summed E-state index contributed by atoms with van der Waals surface area (Å²) in [6.07, 6.45) is -3.83. The molecule has 1 atom stereocenters. The zero-order valence-corrected chi connectivity index (χ0v) is 11.1. The lowest BCUT2D eigenvalue weighted by molar-refractivity contribution is -0.274. The maximum atomic E-state index is 12.0. The fourth-order valence-corrected chi connectivity index (χ4v) is 1.96. The third-order valence-electron chi connectivity index (χ3n) is 2.86. The normalized spacial score (nSPS) is 18.9. The van der Waals surface area contributed by atoms with Crippen LogP contribution < -0.4 is 15.4 Å². The van der Waals surface area contributed by atoms with Crippen LogP contribution in [-0.2, 0) is 4.74 Å². The van der Waals surface area contributed by atoms with Crippen LogP contribution in [0.25, 0.3) is 0 Å². The Labute approximate surface area is 119 Å². The number of amides is 1. The van der Waals surface area contributed by atoms with Crippen LogP contribution in [0.15, 0.2) is 24.3 Å². The summed E-state index contributed by atoms with van der Waals surface area (Å²) >= 11 is 0. The molecule has 1 saturated heterocycles. The summed E-state index contributed by atoms with van der Waals surface area (Å²) in [5.41, 5.74) is 0.332. The molecule has 2 N–H and O–H groups in total. The SMILES string of the molecule is O=C(Nc1ccc(OC(F)(F)F)cc1)O[C@H]1CCCNC1. The Bertz CT molecular complexity index is 471. The molecule has 0 spiro atoms. The summed E-state index contributed by atoms with van der Waals surface area (Å²) in [6.45, 7) is 1.51. The van der Waals surface area contributed by atoms with Crippen molar-refractivity contribution < 1.29 is 27.4 Å². The van der Waals surface area contributed by atoms with Gasteiger partial charge in [0, 0.05) is 12.2 Å². The summed E-state index contributed by atoms with van der Waals surface area (Å²) in [4.78, 5) is 11.6. The minimum atomic E-state index is -4.73. The standard InChI is InChI=1S/C13H15F3N2O3/c14-13(15,16)21-10-5-3-9(4-6-10)18-12(19)20-11-2-1-7-17-8-11/h3-6,11,17H,1-2,7-8H2,(H,18,19)/t11-/m0/s1. The van der Waals surface area contributed by atoms with Gasteiger partial charge in [0.05, 0.1) is 0 Å². The number of halogens is 3.